The van der Waals surface area contributed by atoms with Gasteiger partial charge in [-0.25, -0.2) is 18.7 Å². The lowest BCUT2D eigenvalue weighted by molar-refractivity contribution is 0.101. The molecule has 1 heterocycles. The first-order valence-electron chi connectivity index (χ1n) is 4.81. The van der Waals surface area contributed by atoms with E-state index in [9.17, 15) is 13.6 Å². The van der Waals surface area contributed by atoms with Gasteiger partial charge in [-0.15, -0.1) is 0 Å². The molecule has 0 fully saturated rings. The Bertz CT molecular complexity index is 586. The first kappa shape index (κ1) is 12.4. The lowest BCUT2D eigenvalue weighted by Gasteiger charge is -2.06. The second-order valence-corrected chi connectivity index (χ2v) is 3.60. The molecule has 18 heavy (non-hydrogen) atoms. The molecule has 0 aliphatic heterocycles. The molecule has 2 aromatic rings. The average Bonchev–Trinajstić information content (AvgIpc) is 2.32. The molecular formula is C11H6ClF2N3O. The zero-order valence-electron chi connectivity index (χ0n) is 8.82. The third-order valence-corrected chi connectivity index (χ3v) is 2.35. The summed E-state index contributed by atoms with van der Waals surface area (Å²) in [5.74, 6) is -2.97. The van der Waals surface area contributed by atoms with Crippen LogP contribution in [0, 0.1) is 11.6 Å². The van der Waals surface area contributed by atoms with Crippen LogP contribution in [0.4, 0.5) is 14.6 Å². The summed E-state index contributed by atoms with van der Waals surface area (Å²) >= 11 is 5.66. The van der Waals surface area contributed by atoms with Gasteiger partial charge in [-0.05, 0) is 12.1 Å². The Balaban J connectivity index is 2.31. The number of benzene rings is 1. The van der Waals surface area contributed by atoms with Gasteiger partial charge in [0, 0.05) is 12.4 Å². The minimum absolute atomic E-state index is 0.0631. The Morgan fingerprint density at radius 1 is 1.17 bits per heavy atom. The second kappa shape index (κ2) is 5.05. The highest BCUT2D eigenvalue weighted by molar-refractivity contribution is 6.32. The summed E-state index contributed by atoms with van der Waals surface area (Å²) in [4.78, 5) is 19.1. The highest BCUT2D eigenvalue weighted by Crippen LogP contribution is 2.18. The molecule has 0 atom stereocenters. The quantitative estimate of drug-likeness (QED) is 0.912. The Kier molecular flexibility index (Phi) is 3.47. The zero-order valence-corrected chi connectivity index (χ0v) is 9.58. The summed E-state index contributed by atoms with van der Waals surface area (Å²) in [6.07, 6.45) is 2.61. The molecule has 92 valence electrons. The molecule has 0 aliphatic rings. The normalized spacial score (nSPS) is 10.2. The minimum atomic E-state index is -0.979. The monoisotopic (exact) mass is 269 g/mol. The van der Waals surface area contributed by atoms with Gasteiger partial charge in [0.15, 0.2) is 11.0 Å². The van der Waals surface area contributed by atoms with Crippen LogP contribution in [0.5, 0.6) is 0 Å². The van der Waals surface area contributed by atoms with Gasteiger partial charge in [-0.3, -0.25) is 4.79 Å². The first-order valence-corrected chi connectivity index (χ1v) is 5.19. The van der Waals surface area contributed by atoms with Crippen LogP contribution < -0.4 is 5.32 Å². The Hall–Kier alpha value is -2.08. The number of hydrogen-bond donors (Lipinski definition) is 1. The largest absolute Gasteiger partial charge is 0.304 e. The maximum absolute atomic E-state index is 13.3. The molecule has 0 unspecified atom stereocenters. The molecule has 0 aliphatic carbocycles. The van der Waals surface area contributed by atoms with Crippen molar-refractivity contribution in [1.29, 1.82) is 0 Å². The maximum atomic E-state index is 13.3. The van der Waals surface area contributed by atoms with Crippen LogP contribution in [0.2, 0.25) is 5.15 Å². The summed E-state index contributed by atoms with van der Waals surface area (Å²) in [7, 11) is 0. The minimum Gasteiger partial charge on any atom is -0.304 e. The van der Waals surface area contributed by atoms with E-state index in [1.807, 2.05) is 0 Å². The molecule has 1 aromatic carbocycles. The summed E-state index contributed by atoms with van der Waals surface area (Å²) < 4.78 is 26.7. The SMILES string of the molecule is O=C(Nc1nccnc1Cl)c1c(F)cccc1F. The fourth-order valence-corrected chi connectivity index (χ4v) is 1.44. The van der Waals surface area contributed by atoms with Crippen molar-refractivity contribution in [2.45, 2.75) is 0 Å². The van der Waals surface area contributed by atoms with Crippen molar-refractivity contribution >= 4 is 23.3 Å². The number of halogens is 3. The number of carbonyl (C=O) groups excluding carboxylic acids is 1. The third-order valence-electron chi connectivity index (χ3n) is 2.08. The van der Waals surface area contributed by atoms with Gasteiger partial charge in [-0.2, -0.15) is 0 Å². The van der Waals surface area contributed by atoms with E-state index >= 15 is 0 Å². The van der Waals surface area contributed by atoms with Crippen molar-refractivity contribution in [2.24, 2.45) is 0 Å². The number of amides is 1. The van der Waals surface area contributed by atoms with Gasteiger partial charge >= 0.3 is 0 Å². The molecule has 1 aromatic heterocycles. The molecule has 2 rings (SSSR count). The molecule has 7 heteroatoms. The van der Waals surface area contributed by atoms with Crippen molar-refractivity contribution < 1.29 is 13.6 Å². The number of carbonyl (C=O) groups is 1. The van der Waals surface area contributed by atoms with Gasteiger partial charge in [0.25, 0.3) is 5.91 Å². The van der Waals surface area contributed by atoms with Crippen molar-refractivity contribution in [3.8, 4) is 0 Å². The van der Waals surface area contributed by atoms with E-state index in [2.05, 4.69) is 15.3 Å². The number of hydrogen-bond acceptors (Lipinski definition) is 3. The van der Waals surface area contributed by atoms with E-state index in [1.165, 1.54) is 12.4 Å². The Morgan fingerprint density at radius 2 is 1.78 bits per heavy atom. The zero-order chi connectivity index (χ0) is 13.1. The van der Waals surface area contributed by atoms with Crippen molar-refractivity contribution in [2.75, 3.05) is 5.32 Å². The average molecular weight is 270 g/mol. The number of nitrogens with one attached hydrogen (secondary N) is 1. The molecule has 1 amide bonds. The van der Waals surface area contributed by atoms with Gasteiger partial charge in [0.1, 0.15) is 17.2 Å². The highest BCUT2D eigenvalue weighted by Gasteiger charge is 2.18. The maximum Gasteiger partial charge on any atom is 0.262 e. The van der Waals surface area contributed by atoms with Crippen LogP contribution in [-0.2, 0) is 0 Å². The number of anilines is 1. The van der Waals surface area contributed by atoms with Crippen molar-refractivity contribution in [1.82, 2.24) is 9.97 Å². The van der Waals surface area contributed by atoms with Crippen LogP contribution in [0.15, 0.2) is 30.6 Å². The van der Waals surface area contributed by atoms with Crippen LogP contribution in [0.1, 0.15) is 10.4 Å². The van der Waals surface area contributed by atoms with Gasteiger partial charge in [0.05, 0.1) is 0 Å². The molecule has 4 nitrogen and oxygen atoms in total. The summed E-state index contributed by atoms with van der Waals surface area (Å²) in [6.45, 7) is 0. The van der Waals surface area contributed by atoms with Crippen LogP contribution in [0.3, 0.4) is 0 Å². The van der Waals surface area contributed by atoms with E-state index in [-0.39, 0.29) is 11.0 Å². The molecule has 0 spiro atoms. The number of nitrogens with zero attached hydrogens (tertiary/aromatic N) is 2. The van der Waals surface area contributed by atoms with Gasteiger partial charge in [-0.1, -0.05) is 17.7 Å². The number of aromatic nitrogens is 2. The Labute approximate surface area is 106 Å². The highest BCUT2D eigenvalue weighted by atomic mass is 35.5. The van der Waals surface area contributed by atoms with Crippen molar-refractivity contribution in [3.05, 3.63) is 52.9 Å². The predicted octanol–water partition coefficient (Wildman–Crippen LogP) is 2.66. The summed E-state index contributed by atoms with van der Waals surface area (Å²) in [5.41, 5.74) is -0.695. The summed E-state index contributed by atoms with van der Waals surface area (Å²) in [5, 5.41) is 2.12. The van der Waals surface area contributed by atoms with Crippen LogP contribution >= 0.6 is 11.6 Å². The third kappa shape index (κ3) is 2.43. The second-order valence-electron chi connectivity index (χ2n) is 3.25. The standard InChI is InChI=1S/C11H6ClF2N3O/c12-9-10(16-5-4-15-9)17-11(18)8-6(13)2-1-3-7(8)14/h1-5H,(H,16,17,18). The number of rotatable bonds is 2. The van der Waals surface area contributed by atoms with Gasteiger partial charge < -0.3 is 5.32 Å². The molecule has 0 bridgehead atoms. The Morgan fingerprint density at radius 3 is 2.39 bits per heavy atom. The first-order chi connectivity index (χ1) is 8.59. The van der Waals surface area contributed by atoms with E-state index in [0.29, 0.717) is 0 Å². The molecule has 0 saturated heterocycles. The molecule has 1 N–H and O–H groups in total. The summed E-state index contributed by atoms with van der Waals surface area (Å²) in [6, 6.07) is 3.13. The van der Waals surface area contributed by atoms with E-state index < -0.39 is 23.1 Å². The fourth-order valence-electron chi connectivity index (χ4n) is 1.29. The molecule has 0 saturated carbocycles. The lowest BCUT2D eigenvalue weighted by Crippen LogP contribution is -2.17. The lowest BCUT2D eigenvalue weighted by atomic mass is 10.2. The van der Waals surface area contributed by atoms with E-state index in [0.717, 1.165) is 18.2 Å². The topological polar surface area (TPSA) is 54.9 Å². The fraction of sp³-hybridized carbons (Fsp3) is 0. The molecular weight excluding hydrogens is 264 g/mol. The smallest absolute Gasteiger partial charge is 0.262 e. The van der Waals surface area contributed by atoms with Crippen LogP contribution in [0.25, 0.3) is 0 Å². The molecule has 0 radical (unpaired) electrons. The van der Waals surface area contributed by atoms with E-state index in [4.69, 9.17) is 11.6 Å². The van der Waals surface area contributed by atoms with E-state index in [1.54, 1.807) is 0 Å². The van der Waals surface area contributed by atoms with Crippen LogP contribution in [-0.4, -0.2) is 15.9 Å². The van der Waals surface area contributed by atoms with Gasteiger partial charge in [0.2, 0.25) is 0 Å². The van der Waals surface area contributed by atoms with Crippen molar-refractivity contribution in [3.63, 3.8) is 0 Å². The predicted molar refractivity (Wildman–Crippen MR) is 61.4 cm³/mol.